The smallest absolute Gasteiger partial charge is 0.311 e. The van der Waals surface area contributed by atoms with Crippen molar-refractivity contribution in [3.63, 3.8) is 0 Å². The quantitative estimate of drug-likeness (QED) is 0.287. The third-order valence-corrected chi connectivity index (χ3v) is 5.81. The van der Waals surface area contributed by atoms with Crippen molar-refractivity contribution in [2.75, 3.05) is 14.2 Å². The minimum atomic E-state index is -1.18. The largest absolute Gasteiger partial charge is 0.497 e. The molecule has 6 heteroatoms. The molecule has 3 rings (SSSR count). The van der Waals surface area contributed by atoms with Crippen LogP contribution in [0.25, 0.3) is 11.1 Å². The van der Waals surface area contributed by atoms with Gasteiger partial charge < -0.3 is 18.9 Å². The van der Waals surface area contributed by atoms with E-state index >= 15 is 0 Å². The van der Waals surface area contributed by atoms with E-state index < -0.39 is 17.2 Å². The number of hydrogen-bond donors (Lipinski definition) is 0. The number of carbonyl (C=O) groups is 2. The molecule has 0 bridgehead atoms. The Labute approximate surface area is 200 Å². The molecule has 0 aliphatic heterocycles. The Balaban J connectivity index is 1.81. The highest BCUT2D eigenvalue weighted by Crippen LogP contribution is 2.35. The summed E-state index contributed by atoms with van der Waals surface area (Å²) in [5, 5.41) is 0. The summed E-state index contributed by atoms with van der Waals surface area (Å²) in [5.74, 6) is 0.667. The summed E-state index contributed by atoms with van der Waals surface area (Å²) in [7, 11) is 3.12. The first-order chi connectivity index (χ1) is 16.2. The van der Waals surface area contributed by atoms with Crippen LogP contribution in [-0.4, -0.2) is 26.7 Å². The minimum absolute atomic E-state index is 0.152. The molecule has 0 aliphatic rings. The van der Waals surface area contributed by atoms with E-state index in [9.17, 15) is 9.59 Å². The lowest BCUT2D eigenvalue weighted by atomic mass is 9.90. The maximum absolute atomic E-state index is 13.0. The van der Waals surface area contributed by atoms with E-state index in [4.69, 9.17) is 18.9 Å². The van der Waals surface area contributed by atoms with Crippen LogP contribution in [0.2, 0.25) is 0 Å². The molecule has 0 spiro atoms. The van der Waals surface area contributed by atoms with Crippen LogP contribution in [0.3, 0.4) is 0 Å². The molecule has 0 N–H and O–H groups in total. The van der Waals surface area contributed by atoms with E-state index in [0.717, 1.165) is 11.1 Å². The van der Waals surface area contributed by atoms with Crippen molar-refractivity contribution < 1.29 is 28.5 Å². The van der Waals surface area contributed by atoms with E-state index in [1.165, 1.54) is 0 Å². The molecule has 1 unspecified atom stereocenters. The summed E-state index contributed by atoms with van der Waals surface area (Å²) >= 11 is 0. The third-order valence-electron chi connectivity index (χ3n) is 5.81. The van der Waals surface area contributed by atoms with Crippen molar-refractivity contribution in [1.29, 1.82) is 0 Å². The number of esters is 1. The van der Waals surface area contributed by atoms with Crippen LogP contribution in [0.4, 0.5) is 0 Å². The maximum atomic E-state index is 13.0. The molecule has 0 radical (unpaired) electrons. The molecule has 0 aliphatic carbocycles. The SMILES string of the molecule is COc1cc(OC)cc(C(C)(C)OC(=O)CC(C)(OC=O)c2ccc(-c3ccccc3)cc2)c1. The van der Waals surface area contributed by atoms with Crippen molar-refractivity contribution >= 4 is 12.4 Å². The molecule has 0 aromatic heterocycles. The van der Waals surface area contributed by atoms with Crippen LogP contribution < -0.4 is 9.47 Å². The highest BCUT2D eigenvalue weighted by Gasteiger charge is 2.35. The number of ether oxygens (including phenoxy) is 4. The van der Waals surface area contributed by atoms with Gasteiger partial charge in [-0.25, -0.2) is 0 Å². The third kappa shape index (κ3) is 5.76. The van der Waals surface area contributed by atoms with Gasteiger partial charge in [-0.3, -0.25) is 9.59 Å². The zero-order valence-electron chi connectivity index (χ0n) is 20.2. The lowest BCUT2D eigenvalue weighted by molar-refractivity contribution is -0.167. The van der Waals surface area contributed by atoms with Gasteiger partial charge in [0, 0.05) is 11.6 Å². The average Bonchev–Trinajstić information content (AvgIpc) is 2.84. The first kappa shape index (κ1) is 24.8. The van der Waals surface area contributed by atoms with Crippen molar-refractivity contribution in [3.05, 3.63) is 83.9 Å². The van der Waals surface area contributed by atoms with Gasteiger partial charge in [-0.05, 0) is 49.6 Å². The van der Waals surface area contributed by atoms with Crippen molar-refractivity contribution in [1.82, 2.24) is 0 Å². The second-order valence-corrected chi connectivity index (χ2v) is 8.65. The molecule has 0 amide bonds. The van der Waals surface area contributed by atoms with Gasteiger partial charge in [-0.2, -0.15) is 0 Å². The van der Waals surface area contributed by atoms with E-state index in [1.807, 2.05) is 54.6 Å². The van der Waals surface area contributed by atoms with Gasteiger partial charge in [0.05, 0.1) is 20.6 Å². The van der Waals surface area contributed by atoms with Gasteiger partial charge in [0.1, 0.15) is 22.7 Å². The van der Waals surface area contributed by atoms with Gasteiger partial charge in [-0.15, -0.1) is 0 Å². The molecule has 0 saturated heterocycles. The molecule has 1 atom stereocenters. The highest BCUT2D eigenvalue weighted by molar-refractivity contribution is 5.72. The topological polar surface area (TPSA) is 71.1 Å². The Morgan fingerprint density at radius 3 is 1.88 bits per heavy atom. The Morgan fingerprint density at radius 1 is 0.794 bits per heavy atom. The molecule has 178 valence electrons. The van der Waals surface area contributed by atoms with E-state index in [0.29, 0.717) is 29.1 Å². The van der Waals surface area contributed by atoms with Crippen molar-refractivity contribution in [3.8, 4) is 22.6 Å². The molecule has 3 aromatic carbocycles. The van der Waals surface area contributed by atoms with Gasteiger partial charge in [0.25, 0.3) is 6.47 Å². The number of rotatable bonds is 10. The Morgan fingerprint density at radius 2 is 1.35 bits per heavy atom. The number of methoxy groups -OCH3 is 2. The van der Waals surface area contributed by atoms with Crippen molar-refractivity contribution in [2.45, 2.75) is 38.4 Å². The summed E-state index contributed by atoms with van der Waals surface area (Å²) < 4.78 is 21.9. The average molecular weight is 463 g/mol. The zero-order chi connectivity index (χ0) is 24.8. The summed E-state index contributed by atoms with van der Waals surface area (Å²) in [6.07, 6.45) is -0.152. The lowest BCUT2D eigenvalue weighted by Crippen LogP contribution is -2.33. The predicted octanol–water partition coefficient (Wildman–Crippen LogP) is 5.63. The van der Waals surface area contributed by atoms with Gasteiger partial charge in [0.2, 0.25) is 0 Å². The van der Waals surface area contributed by atoms with Crippen LogP contribution in [0, 0.1) is 0 Å². The van der Waals surface area contributed by atoms with E-state index in [2.05, 4.69) is 0 Å². The summed E-state index contributed by atoms with van der Waals surface area (Å²) in [5.41, 5.74) is 1.34. The van der Waals surface area contributed by atoms with Gasteiger partial charge in [-0.1, -0.05) is 54.6 Å². The van der Waals surface area contributed by atoms with E-state index in [-0.39, 0.29) is 6.42 Å². The lowest BCUT2D eigenvalue weighted by Gasteiger charge is -2.31. The molecule has 6 nitrogen and oxygen atoms in total. The molecule has 0 saturated carbocycles. The molecule has 0 fully saturated rings. The molecule has 34 heavy (non-hydrogen) atoms. The fourth-order valence-electron chi connectivity index (χ4n) is 3.77. The van der Waals surface area contributed by atoms with Crippen LogP contribution in [0.1, 0.15) is 38.3 Å². The number of hydrogen-bond acceptors (Lipinski definition) is 6. The molecule has 0 heterocycles. The Hall–Kier alpha value is -3.80. The summed E-state index contributed by atoms with van der Waals surface area (Å²) in [4.78, 5) is 24.3. The molecular formula is C28H30O6. The zero-order valence-corrected chi connectivity index (χ0v) is 20.2. The summed E-state index contributed by atoms with van der Waals surface area (Å²) in [6.45, 7) is 5.62. The van der Waals surface area contributed by atoms with Crippen LogP contribution in [-0.2, 0) is 30.3 Å². The molecule has 3 aromatic rings. The van der Waals surface area contributed by atoms with Crippen molar-refractivity contribution in [2.24, 2.45) is 0 Å². The van der Waals surface area contributed by atoms with Crippen LogP contribution >= 0.6 is 0 Å². The fourth-order valence-corrected chi connectivity index (χ4v) is 3.77. The van der Waals surface area contributed by atoms with E-state index in [1.54, 1.807) is 53.2 Å². The fraction of sp³-hybridized carbons (Fsp3) is 0.286. The predicted molar refractivity (Wildman–Crippen MR) is 130 cm³/mol. The standard InChI is InChI=1S/C28H30O6/c1-27(2,23-15-24(31-4)17-25(16-23)32-5)34-26(30)18-28(3,33-19-29)22-13-11-21(12-14-22)20-9-7-6-8-10-20/h6-17,19H,18H2,1-5H3. The second kappa shape index (κ2) is 10.4. The normalized spacial score (nSPS) is 12.9. The molecular weight excluding hydrogens is 432 g/mol. The Bertz CT molecular complexity index is 1100. The highest BCUT2D eigenvalue weighted by atomic mass is 16.6. The van der Waals surface area contributed by atoms with Gasteiger partial charge >= 0.3 is 5.97 Å². The second-order valence-electron chi connectivity index (χ2n) is 8.65. The number of carbonyl (C=O) groups excluding carboxylic acids is 2. The first-order valence-corrected chi connectivity index (χ1v) is 10.9. The monoisotopic (exact) mass is 462 g/mol. The maximum Gasteiger partial charge on any atom is 0.311 e. The minimum Gasteiger partial charge on any atom is -0.497 e. The van der Waals surface area contributed by atoms with Crippen LogP contribution in [0.5, 0.6) is 11.5 Å². The van der Waals surface area contributed by atoms with Crippen LogP contribution in [0.15, 0.2) is 72.8 Å². The Kier molecular flexibility index (Phi) is 7.61. The summed E-state index contributed by atoms with van der Waals surface area (Å²) in [6, 6.07) is 22.9. The first-order valence-electron chi connectivity index (χ1n) is 10.9. The number of benzene rings is 3. The van der Waals surface area contributed by atoms with Gasteiger partial charge in [0.15, 0.2) is 0 Å².